The van der Waals surface area contributed by atoms with Gasteiger partial charge in [0, 0.05) is 18.9 Å². The summed E-state index contributed by atoms with van der Waals surface area (Å²) in [7, 11) is 0. The normalized spacial score (nSPS) is 18.3. The van der Waals surface area contributed by atoms with Crippen LogP contribution in [0.3, 0.4) is 0 Å². The van der Waals surface area contributed by atoms with Gasteiger partial charge in [0.05, 0.1) is 0 Å². The van der Waals surface area contributed by atoms with E-state index in [-0.39, 0.29) is 5.92 Å². The molecule has 1 aliphatic carbocycles. The zero-order valence-corrected chi connectivity index (χ0v) is 14.7. The second-order valence-corrected chi connectivity index (χ2v) is 6.55. The Morgan fingerprint density at radius 3 is 2.35 bits per heavy atom. The maximum absolute atomic E-state index is 11.4. The number of rotatable bonds is 6. The molecule has 0 unspecified atom stereocenters. The van der Waals surface area contributed by atoms with Crippen molar-refractivity contribution < 1.29 is 5.11 Å². The molecular formula is C21H31NO. The van der Waals surface area contributed by atoms with E-state index in [4.69, 9.17) is 0 Å². The molecule has 0 radical (unpaired) electrons. The van der Waals surface area contributed by atoms with E-state index in [1.54, 1.807) is 0 Å². The van der Waals surface area contributed by atoms with Gasteiger partial charge in [0.15, 0.2) is 5.60 Å². The molecule has 2 nitrogen and oxygen atoms in total. The molecule has 1 aromatic carbocycles. The summed E-state index contributed by atoms with van der Waals surface area (Å²) in [5, 5.41) is 11.4. The van der Waals surface area contributed by atoms with Gasteiger partial charge in [-0.3, -0.25) is 0 Å². The highest BCUT2D eigenvalue weighted by atomic mass is 16.3. The second-order valence-electron chi connectivity index (χ2n) is 6.55. The minimum absolute atomic E-state index is 0.264. The quantitative estimate of drug-likeness (QED) is 0.796. The molecular weight excluding hydrogens is 282 g/mol. The molecule has 0 bridgehead atoms. The fourth-order valence-corrected chi connectivity index (χ4v) is 3.57. The largest absolute Gasteiger partial charge is 0.373 e. The van der Waals surface area contributed by atoms with Crippen molar-refractivity contribution in [3.05, 3.63) is 35.9 Å². The van der Waals surface area contributed by atoms with E-state index in [0.717, 1.165) is 44.5 Å². The number of hydrogen-bond acceptors (Lipinski definition) is 2. The zero-order chi connectivity index (χ0) is 16.5. The first-order valence-electron chi connectivity index (χ1n) is 9.21. The lowest BCUT2D eigenvalue weighted by atomic mass is 9.73. The highest BCUT2D eigenvalue weighted by Gasteiger charge is 2.37. The van der Waals surface area contributed by atoms with Crippen LogP contribution in [0.1, 0.15) is 57.9 Å². The van der Waals surface area contributed by atoms with Crippen LogP contribution in [0, 0.1) is 17.8 Å². The van der Waals surface area contributed by atoms with Crippen molar-refractivity contribution in [1.82, 2.24) is 4.90 Å². The fraction of sp³-hybridized carbons (Fsp3) is 0.619. The van der Waals surface area contributed by atoms with Gasteiger partial charge in [0.1, 0.15) is 0 Å². The molecule has 1 aliphatic rings. The van der Waals surface area contributed by atoms with Gasteiger partial charge in [-0.25, -0.2) is 0 Å². The third-order valence-corrected chi connectivity index (χ3v) is 5.14. The van der Waals surface area contributed by atoms with Gasteiger partial charge in [0.25, 0.3) is 0 Å². The van der Waals surface area contributed by atoms with E-state index in [0.29, 0.717) is 0 Å². The molecule has 1 fully saturated rings. The monoisotopic (exact) mass is 313 g/mol. The Balaban J connectivity index is 2.14. The summed E-state index contributed by atoms with van der Waals surface area (Å²) in [6.07, 6.45) is 6.69. The highest BCUT2D eigenvalue weighted by Crippen LogP contribution is 2.39. The van der Waals surface area contributed by atoms with Crippen LogP contribution in [0.5, 0.6) is 0 Å². The van der Waals surface area contributed by atoms with Crippen molar-refractivity contribution in [3.63, 3.8) is 0 Å². The Bertz CT molecular complexity index is 506. The van der Waals surface area contributed by atoms with E-state index in [1.165, 1.54) is 19.3 Å². The molecule has 0 spiro atoms. The van der Waals surface area contributed by atoms with Crippen molar-refractivity contribution in [3.8, 4) is 11.8 Å². The molecule has 1 aromatic rings. The summed E-state index contributed by atoms with van der Waals surface area (Å²) >= 11 is 0. The van der Waals surface area contributed by atoms with E-state index in [9.17, 15) is 5.11 Å². The first-order chi connectivity index (χ1) is 11.2. The van der Waals surface area contributed by atoms with Crippen LogP contribution >= 0.6 is 0 Å². The number of nitrogens with zero attached hydrogens (tertiary/aromatic N) is 1. The first-order valence-corrected chi connectivity index (χ1v) is 9.21. The summed E-state index contributed by atoms with van der Waals surface area (Å²) in [6, 6.07) is 10.0. The zero-order valence-electron chi connectivity index (χ0n) is 14.7. The molecule has 0 aliphatic heterocycles. The van der Waals surface area contributed by atoms with Crippen LogP contribution < -0.4 is 0 Å². The van der Waals surface area contributed by atoms with E-state index >= 15 is 0 Å². The number of hydrogen-bond donors (Lipinski definition) is 1. The molecule has 0 heterocycles. The summed E-state index contributed by atoms with van der Waals surface area (Å²) in [4.78, 5) is 2.37. The van der Waals surface area contributed by atoms with Gasteiger partial charge in [-0.15, -0.1) is 0 Å². The summed E-state index contributed by atoms with van der Waals surface area (Å²) in [6.45, 7) is 7.46. The summed E-state index contributed by atoms with van der Waals surface area (Å²) in [5.41, 5.74) is -0.0208. The lowest BCUT2D eigenvalue weighted by Gasteiger charge is -2.35. The Kier molecular flexibility index (Phi) is 7.15. The first kappa shape index (κ1) is 18.0. The highest BCUT2D eigenvalue weighted by molar-refractivity contribution is 5.33. The van der Waals surface area contributed by atoms with Crippen LogP contribution in [0.25, 0.3) is 0 Å². The van der Waals surface area contributed by atoms with E-state index in [2.05, 4.69) is 30.6 Å². The van der Waals surface area contributed by atoms with Crippen molar-refractivity contribution >= 4 is 0 Å². The predicted molar refractivity (Wildman–Crippen MR) is 97.1 cm³/mol. The topological polar surface area (TPSA) is 23.5 Å². The maximum atomic E-state index is 11.4. The van der Waals surface area contributed by atoms with E-state index < -0.39 is 5.60 Å². The van der Waals surface area contributed by atoms with Gasteiger partial charge in [-0.05, 0) is 31.5 Å². The molecule has 126 valence electrons. The van der Waals surface area contributed by atoms with Crippen LogP contribution in [0.2, 0.25) is 0 Å². The maximum Gasteiger partial charge on any atom is 0.153 e. The minimum Gasteiger partial charge on any atom is -0.373 e. The summed E-state index contributed by atoms with van der Waals surface area (Å²) in [5.74, 6) is 6.81. The van der Waals surface area contributed by atoms with Crippen LogP contribution in [-0.2, 0) is 5.60 Å². The number of aliphatic hydroxyl groups is 1. The standard InChI is InChI=1S/C21H31NO/c1-3-22(4-2)18-12-11-17-21(23,19-13-7-5-8-14-19)20-15-9-6-10-16-20/h5,7-8,13-14,20,23H,3-4,6,9-10,12,15-16,18H2,1-2H3/t21-/m0/s1. The van der Waals surface area contributed by atoms with Crippen molar-refractivity contribution in [2.45, 2.75) is 58.0 Å². The minimum atomic E-state index is -0.981. The predicted octanol–water partition coefficient (Wildman–Crippen LogP) is 4.19. The smallest absolute Gasteiger partial charge is 0.153 e. The van der Waals surface area contributed by atoms with Gasteiger partial charge in [-0.2, -0.15) is 0 Å². The van der Waals surface area contributed by atoms with Gasteiger partial charge >= 0.3 is 0 Å². The Labute approximate surface area is 141 Å². The average molecular weight is 313 g/mol. The van der Waals surface area contributed by atoms with Crippen molar-refractivity contribution in [1.29, 1.82) is 0 Å². The molecule has 1 N–H and O–H groups in total. The van der Waals surface area contributed by atoms with Gasteiger partial charge in [0.2, 0.25) is 0 Å². The molecule has 1 atom stereocenters. The second kappa shape index (κ2) is 9.11. The van der Waals surface area contributed by atoms with Crippen LogP contribution in [0.4, 0.5) is 0 Å². The van der Waals surface area contributed by atoms with Crippen LogP contribution in [-0.4, -0.2) is 29.6 Å². The molecule has 0 aromatic heterocycles. The van der Waals surface area contributed by atoms with Crippen LogP contribution in [0.15, 0.2) is 30.3 Å². The SMILES string of the molecule is CCN(CC)CCC#C[C@](O)(c1ccccc1)C1CCCCC1. The van der Waals surface area contributed by atoms with Gasteiger partial charge < -0.3 is 10.0 Å². The Morgan fingerprint density at radius 2 is 1.74 bits per heavy atom. The molecule has 0 amide bonds. The molecule has 1 saturated carbocycles. The lowest BCUT2D eigenvalue weighted by Crippen LogP contribution is -2.35. The molecule has 0 saturated heterocycles. The summed E-state index contributed by atoms with van der Waals surface area (Å²) < 4.78 is 0. The van der Waals surface area contributed by atoms with Crippen molar-refractivity contribution in [2.24, 2.45) is 5.92 Å². The third-order valence-electron chi connectivity index (χ3n) is 5.14. The lowest BCUT2D eigenvalue weighted by molar-refractivity contribution is 0.0159. The average Bonchev–Trinajstić information content (AvgIpc) is 2.63. The molecule has 2 rings (SSSR count). The van der Waals surface area contributed by atoms with E-state index in [1.807, 2.05) is 30.3 Å². The fourth-order valence-electron chi connectivity index (χ4n) is 3.57. The Hall–Kier alpha value is -1.30. The number of benzene rings is 1. The third kappa shape index (κ3) is 4.83. The molecule has 2 heteroatoms. The Morgan fingerprint density at radius 1 is 1.09 bits per heavy atom. The molecule has 23 heavy (non-hydrogen) atoms. The van der Waals surface area contributed by atoms with Crippen molar-refractivity contribution in [2.75, 3.05) is 19.6 Å². The van der Waals surface area contributed by atoms with Gasteiger partial charge in [-0.1, -0.05) is 75.3 Å².